The molecule has 0 aliphatic heterocycles. The van der Waals surface area contributed by atoms with Gasteiger partial charge in [-0.1, -0.05) is 27.7 Å². The molecule has 0 fully saturated rings. The predicted octanol–water partition coefficient (Wildman–Crippen LogP) is 3.64. The molecule has 81 valence electrons. The Morgan fingerprint density at radius 2 is 1.88 bits per heavy atom. The van der Waals surface area contributed by atoms with Crippen LogP contribution >= 0.6 is 0 Å². The number of nitrogens with zero attached hydrogens (tertiary/aromatic N) is 1. The van der Waals surface area contributed by atoms with Crippen LogP contribution in [0.25, 0.3) is 10.9 Å². The fourth-order valence-electron chi connectivity index (χ4n) is 1.59. The van der Waals surface area contributed by atoms with E-state index in [9.17, 15) is 0 Å². The summed E-state index contributed by atoms with van der Waals surface area (Å²) in [6.07, 6.45) is 1.95. The van der Waals surface area contributed by atoms with Gasteiger partial charge in [0.15, 0.2) is 0 Å². The van der Waals surface area contributed by atoms with Crippen LogP contribution in [0.15, 0.2) is 24.4 Å². The van der Waals surface area contributed by atoms with E-state index in [1.807, 2.05) is 12.3 Å². The maximum atomic E-state index is 4.43. The van der Waals surface area contributed by atoms with Crippen LogP contribution in [-0.2, 0) is 38.1 Å². The second-order valence-electron chi connectivity index (χ2n) is 5.09. The molecule has 0 atom stereocenters. The van der Waals surface area contributed by atoms with Crippen molar-refractivity contribution in [3.05, 3.63) is 41.6 Å². The van der Waals surface area contributed by atoms with E-state index < -0.39 is 0 Å². The molecule has 1 nitrogen and oxygen atoms in total. The second-order valence-corrected chi connectivity index (χ2v) is 5.09. The molecule has 0 saturated carbocycles. The summed E-state index contributed by atoms with van der Waals surface area (Å²) in [6.45, 7) is 8.69. The van der Waals surface area contributed by atoms with Crippen LogP contribution in [0.3, 0.4) is 0 Å². The predicted molar refractivity (Wildman–Crippen MR) is 64.0 cm³/mol. The average molecular weight is 287 g/mol. The molecule has 16 heavy (non-hydrogen) atoms. The van der Waals surface area contributed by atoms with Crippen LogP contribution in [-0.4, -0.2) is 4.98 Å². The van der Waals surface area contributed by atoms with Crippen LogP contribution in [0.4, 0.5) is 0 Å². The molecule has 0 amide bonds. The van der Waals surface area contributed by atoms with Crippen LogP contribution < -0.4 is 0 Å². The molecular weight excluding hydrogens is 271 g/mol. The third-order valence-corrected chi connectivity index (χ3v) is 2.60. The van der Waals surface area contributed by atoms with E-state index in [0.717, 1.165) is 5.52 Å². The number of hydrogen-bond donors (Lipinski definition) is 0. The van der Waals surface area contributed by atoms with Gasteiger partial charge in [0.2, 0.25) is 0 Å². The van der Waals surface area contributed by atoms with Crippen LogP contribution in [0.1, 0.15) is 31.9 Å². The quantitative estimate of drug-likeness (QED) is 0.674. The molecule has 2 aromatic rings. The molecular formula is C14H16NY-. The first-order valence-electron chi connectivity index (χ1n) is 5.25. The van der Waals surface area contributed by atoms with E-state index in [1.54, 1.807) is 0 Å². The topological polar surface area (TPSA) is 12.9 Å². The fourth-order valence-corrected chi connectivity index (χ4v) is 1.59. The molecule has 0 bridgehead atoms. The summed E-state index contributed by atoms with van der Waals surface area (Å²) in [5.74, 6) is 0. The van der Waals surface area contributed by atoms with Crippen LogP contribution in [0.5, 0.6) is 0 Å². The van der Waals surface area contributed by atoms with Gasteiger partial charge in [-0.25, -0.2) is 0 Å². The van der Waals surface area contributed by atoms with Gasteiger partial charge in [0.1, 0.15) is 0 Å². The summed E-state index contributed by atoms with van der Waals surface area (Å²) in [6, 6.07) is 9.54. The zero-order chi connectivity index (χ0) is 11.1. The van der Waals surface area contributed by atoms with Gasteiger partial charge in [-0.2, -0.15) is 23.8 Å². The first-order valence-corrected chi connectivity index (χ1v) is 5.25. The first kappa shape index (κ1) is 13.8. The minimum absolute atomic E-state index is 0. The van der Waals surface area contributed by atoms with Gasteiger partial charge in [-0.3, -0.25) is 4.98 Å². The third kappa shape index (κ3) is 2.90. The molecule has 2 rings (SSSR count). The van der Waals surface area contributed by atoms with E-state index >= 15 is 0 Å². The minimum Gasteiger partial charge on any atom is -0.283 e. The van der Waals surface area contributed by atoms with Gasteiger partial charge >= 0.3 is 0 Å². The van der Waals surface area contributed by atoms with Gasteiger partial charge in [0.25, 0.3) is 0 Å². The van der Waals surface area contributed by atoms with Crippen molar-refractivity contribution < 1.29 is 32.7 Å². The molecule has 0 unspecified atom stereocenters. The van der Waals surface area contributed by atoms with Crippen LogP contribution in [0.2, 0.25) is 0 Å². The van der Waals surface area contributed by atoms with Gasteiger partial charge < -0.3 is 0 Å². The molecule has 2 heteroatoms. The number of aromatic nitrogens is 1. The Bertz CT molecular complexity index is 498. The SMILES string of the molecule is Cc1c[c-]c2ncc(C(C)(C)C)cc2c1.[Y]. The summed E-state index contributed by atoms with van der Waals surface area (Å²) in [7, 11) is 0. The molecule has 0 spiro atoms. The number of fused-ring (bicyclic) bond motifs is 1. The molecule has 1 aromatic carbocycles. The van der Waals surface area contributed by atoms with Gasteiger partial charge in [0.05, 0.1) is 0 Å². The van der Waals surface area contributed by atoms with Crippen molar-refractivity contribution in [3.63, 3.8) is 0 Å². The number of hydrogen-bond acceptors (Lipinski definition) is 1. The summed E-state index contributed by atoms with van der Waals surface area (Å²) < 4.78 is 0. The number of rotatable bonds is 0. The van der Waals surface area contributed by atoms with Crippen molar-refractivity contribution in [3.8, 4) is 0 Å². The summed E-state index contributed by atoms with van der Waals surface area (Å²) >= 11 is 0. The summed E-state index contributed by atoms with van der Waals surface area (Å²) in [5.41, 5.74) is 3.61. The van der Waals surface area contributed by atoms with Crippen molar-refractivity contribution in [1.82, 2.24) is 4.98 Å². The molecule has 0 aliphatic rings. The zero-order valence-corrected chi connectivity index (χ0v) is 13.2. The Morgan fingerprint density at radius 3 is 2.50 bits per heavy atom. The Labute approximate surface area is 123 Å². The van der Waals surface area contributed by atoms with E-state index in [1.165, 1.54) is 16.5 Å². The monoisotopic (exact) mass is 287 g/mol. The minimum atomic E-state index is 0. The van der Waals surface area contributed by atoms with Gasteiger partial charge in [0, 0.05) is 38.9 Å². The zero-order valence-electron chi connectivity index (χ0n) is 10.3. The van der Waals surface area contributed by atoms with Crippen molar-refractivity contribution in [2.24, 2.45) is 0 Å². The average Bonchev–Trinajstić information content (AvgIpc) is 2.15. The van der Waals surface area contributed by atoms with Crippen molar-refractivity contribution in [2.45, 2.75) is 33.1 Å². The maximum absolute atomic E-state index is 4.43. The van der Waals surface area contributed by atoms with Crippen molar-refractivity contribution in [1.29, 1.82) is 0 Å². The van der Waals surface area contributed by atoms with E-state index in [4.69, 9.17) is 0 Å². The standard InChI is InChI=1S/C14H16N.Y/c1-10-5-6-13-11(7-10)8-12(9-15-13)14(2,3)4;/h5,7-9H,1-4H3;/q-1;. The number of pyridine rings is 1. The molecule has 0 aliphatic carbocycles. The Hall–Kier alpha value is -0.266. The Morgan fingerprint density at radius 1 is 1.19 bits per heavy atom. The van der Waals surface area contributed by atoms with E-state index in [-0.39, 0.29) is 38.1 Å². The summed E-state index contributed by atoms with van der Waals surface area (Å²) in [4.78, 5) is 4.43. The normalized spacial score (nSPS) is 11.2. The smallest absolute Gasteiger partial charge is 0.0276 e. The van der Waals surface area contributed by atoms with Gasteiger partial charge in [-0.05, 0) is 16.5 Å². The second kappa shape index (κ2) is 4.93. The molecule has 1 radical (unpaired) electrons. The molecule has 0 saturated heterocycles. The fraction of sp³-hybridized carbons (Fsp3) is 0.357. The van der Waals surface area contributed by atoms with Crippen molar-refractivity contribution in [2.75, 3.05) is 0 Å². The first-order chi connectivity index (χ1) is 6.97. The Kier molecular flexibility index (Phi) is 4.25. The Balaban J connectivity index is 0.00000128. The van der Waals surface area contributed by atoms with Crippen molar-refractivity contribution >= 4 is 10.9 Å². The number of benzene rings is 1. The summed E-state index contributed by atoms with van der Waals surface area (Å²) in [5, 5.41) is 1.18. The largest absolute Gasteiger partial charge is 0.283 e. The molecule has 1 heterocycles. The number of aryl methyl sites for hydroxylation is 1. The molecule has 1 aromatic heterocycles. The molecule has 0 N–H and O–H groups in total. The van der Waals surface area contributed by atoms with E-state index in [2.05, 4.69) is 50.9 Å². The van der Waals surface area contributed by atoms with E-state index in [0.29, 0.717) is 0 Å². The maximum Gasteiger partial charge on any atom is 0.0276 e. The third-order valence-electron chi connectivity index (χ3n) is 2.60. The van der Waals surface area contributed by atoms with Crippen LogP contribution in [0, 0.1) is 13.0 Å². The van der Waals surface area contributed by atoms with Gasteiger partial charge in [-0.15, -0.1) is 11.5 Å².